The lowest BCUT2D eigenvalue weighted by atomic mass is 9.95. The molecule has 216 valence electrons. The maximum atomic E-state index is 13.6. The highest BCUT2D eigenvalue weighted by molar-refractivity contribution is 8.00. The summed E-state index contributed by atoms with van der Waals surface area (Å²) in [5.74, 6) is -0.137. The van der Waals surface area contributed by atoms with Crippen molar-refractivity contribution in [1.29, 1.82) is 0 Å². The number of amides is 1. The zero-order valence-electron chi connectivity index (χ0n) is 23.8. The van der Waals surface area contributed by atoms with Gasteiger partial charge in [-0.2, -0.15) is 0 Å². The van der Waals surface area contributed by atoms with Crippen LogP contribution in [0.4, 0.5) is 5.13 Å². The normalized spacial score (nSPS) is 16.2. The van der Waals surface area contributed by atoms with E-state index >= 15 is 0 Å². The lowest BCUT2D eigenvalue weighted by Gasteiger charge is -2.23. The number of ether oxygens (including phenoxy) is 2. The van der Waals surface area contributed by atoms with Crippen LogP contribution in [-0.4, -0.2) is 40.2 Å². The summed E-state index contributed by atoms with van der Waals surface area (Å²) in [6.07, 6.45) is 0. The Hall–Kier alpha value is -4.15. The number of hydrogen-bond acceptors (Lipinski definition) is 9. The summed E-state index contributed by atoms with van der Waals surface area (Å²) in [5, 5.41) is 20.3. The van der Waals surface area contributed by atoms with Crippen LogP contribution in [0.15, 0.2) is 76.6 Å². The molecule has 2 heterocycles. The third-order valence-electron chi connectivity index (χ3n) is 6.74. The fourth-order valence-electron chi connectivity index (χ4n) is 4.64. The van der Waals surface area contributed by atoms with Gasteiger partial charge in [0.25, 0.3) is 5.78 Å². The molecule has 4 aromatic rings. The average molecular weight is 602 g/mol. The molecule has 1 aliphatic rings. The van der Waals surface area contributed by atoms with Crippen LogP contribution in [0.3, 0.4) is 0 Å². The van der Waals surface area contributed by atoms with Gasteiger partial charge in [0.05, 0.1) is 24.8 Å². The Labute approximate surface area is 253 Å². The molecule has 1 amide bonds. The summed E-state index contributed by atoms with van der Waals surface area (Å²) in [5.41, 5.74) is 4.30. The highest BCUT2D eigenvalue weighted by Crippen LogP contribution is 2.45. The Kier molecular flexibility index (Phi) is 8.94. The summed E-state index contributed by atoms with van der Waals surface area (Å²) >= 11 is 2.73. The van der Waals surface area contributed by atoms with Crippen molar-refractivity contribution in [3.63, 3.8) is 0 Å². The second-order valence-corrected chi connectivity index (χ2v) is 11.9. The summed E-state index contributed by atoms with van der Waals surface area (Å²) in [6, 6.07) is 19.7. The second-order valence-electron chi connectivity index (χ2n) is 9.73. The van der Waals surface area contributed by atoms with Crippen molar-refractivity contribution in [3.8, 4) is 11.5 Å². The van der Waals surface area contributed by atoms with Gasteiger partial charge in [-0.05, 0) is 51.0 Å². The van der Waals surface area contributed by atoms with E-state index in [-0.39, 0.29) is 16.5 Å². The van der Waals surface area contributed by atoms with Crippen LogP contribution in [0.5, 0.6) is 11.5 Å². The number of benzene rings is 3. The molecule has 1 N–H and O–H groups in total. The molecule has 10 heteroatoms. The van der Waals surface area contributed by atoms with Gasteiger partial charge in [0.1, 0.15) is 5.76 Å². The third-order valence-corrected chi connectivity index (χ3v) is 8.86. The molecule has 0 saturated carbocycles. The number of aliphatic hydroxyl groups excluding tert-OH is 1. The van der Waals surface area contributed by atoms with Gasteiger partial charge in [0, 0.05) is 11.3 Å². The van der Waals surface area contributed by atoms with Crippen LogP contribution in [0.25, 0.3) is 5.76 Å². The maximum Gasteiger partial charge on any atom is 0.301 e. The Bertz CT molecular complexity index is 1630. The number of aromatic nitrogens is 2. The summed E-state index contributed by atoms with van der Waals surface area (Å²) < 4.78 is 12.2. The molecule has 42 heavy (non-hydrogen) atoms. The van der Waals surface area contributed by atoms with E-state index < -0.39 is 17.7 Å². The largest absolute Gasteiger partial charge is 0.507 e. The fourth-order valence-corrected chi connectivity index (χ4v) is 6.46. The first kappa shape index (κ1) is 29.3. The quantitative estimate of drug-likeness (QED) is 0.0691. The highest BCUT2D eigenvalue weighted by Gasteiger charge is 2.48. The summed E-state index contributed by atoms with van der Waals surface area (Å²) in [4.78, 5) is 28.5. The number of anilines is 1. The van der Waals surface area contributed by atoms with Crippen molar-refractivity contribution in [1.82, 2.24) is 10.2 Å². The number of aryl methyl sites for hydroxylation is 2. The molecular weight excluding hydrogens is 571 g/mol. The molecule has 1 unspecified atom stereocenters. The molecular formula is C32H31N3O5S2. The maximum absolute atomic E-state index is 13.6. The van der Waals surface area contributed by atoms with E-state index in [0.29, 0.717) is 45.9 Å². The lowest BCUT2D eigenvalue weighted by Crippen LogP contribution is -2.29. The molecule has 3 aromatic carbocycles. The zero-order valence-corrected chi connectivity index (χ0v) is 25.4. The molecule has 5 rings (SSSR count). The predicted molar refractivity (Wildman–Crippen MR) is 165 cm³/mol. The van der Waals surface area contributed by atoms with Crippen molar-refractivity contribution in [3.05, 3.63) is 100 Å². The van der Waals surface area contributed by atoms with E-state index in [1.54, 1.807) is 30.3 Å². The third kappa shape index (κ3) is 6.05. The van der Waals surface area contributed by atoms with E-state index in [1.807, 2.05) is 39.8 Å². The molecule has 0 bridgehead atoms. The first-order valence-electron chi connectivity index (χ1n) is 13.6. The van der Waals surface area contributed by atoms with Gasteiger partial charge in [0.2, 0.25) is 5.13 Å². The Morgan fingerprint density at radius 3 is 2.21 bits per heavy atom. The van der Waals surface area contributed by atoms with E-state index in [1.165, 1.54) is 33.6 Å². The number of aliphatic hydroxyl groups is 1. The SMILES string of the molecule is CCOc1ccc(C2/C(=C(\O)c3ccc(C)cc3)C(=O)C(=O)N2c2nnc(SCc3ccc(C)cc3)s2)cc1OCC. The van der Waals surface area contributed by atoms with Crippen molar-refractivity contribution < 1.29 is 24.2 Å². The molecule has 1 saturated heterocycles. The van der Waals surface area contributed by atoms with Crippen LogP contribution in [0.1, 0.15) is 47.7 Å². The highest BCUT2D eigenvalue weighted by atomic mass is 32.2. The van der Waals surface area contributed by atoms with Crippen LogP contribution < -0.4 is 14.4 Å². The monoisotopic (exact) mass is 601 g/mol. The number of ketones is 1. The number of nitrogens with zero attached hydrogens (tertiary/aromatic N) is 3. The van der Waals surface area contributed by atoms with Crippen LogP contribution >= 0.6 is 23.1 Å². The topological polar surface area (TPSA) is 102 Å². The standard InChI is InChI=1S/C32H31N3O5S2/c1-5-39-24-16-15-23(17-25(24)40-6-2)27-26(28(36)22-13-9-20(4)10-14-22)29(37)30(38)35(27)31-33-34-32(42-31)41-18-21-11-7-19(3)8-12-21/h7-17,27,36H,5-6,18H2,1-4H3/b28-26+. The minimum atomic E-state index is -0.955. The first-order chi connectivity index (χ1) is 20.3. The van der Waals surface area contributed by atoms with E-state index in [2.05, 4.69) is 34.5 Å². The smallest absolute Gasteiger partial charge is 0.301 e. The zero-order chi connectivity index (χ0) is 29.8. The van der Waals surface area contributed by atoms with Gasteiger partial charge in [-0.25, -0.2) is 0 Å². The van der Waals surface area contributed by atoms with Crippen molar-refractivity contribution in [2.24, 2.45) is 0 Å². The number of Topliss-reactive ketones (excluding diaryl/α,β-unsaturated/α-hetero) is 1. The molecule has 0 spiro atoms. The van der Waals surface area contributed by atoms with E-state index in [0.717, 1.165) is 11.1 Å². The molecule has 1 aliphatic heterocycles. The van der Waals surface area contributed by atoms with Gasteiger partial charge in [0.15, 0.2) is 15.8 Å². The Balaban J connectivity index is 1.57. The molecule has 1 atom stereocenters. The summed E-state index contributed by atoms with van der Waals surface area (Å²) in [6.45, 7) is 8.55. The van der Waals surface area contributed by atoms with Crippen LogP contribution in [0.2, 0.25) is 0 Å². The number of hydrogen-bond donors (Lipinski definition) is 1. The molecule has 8 nitrogen and oxygen atoms in total. The number of carbonyl (C=O) groups is 2. The van der Waals surface area contributed by atoms with Crippen LogP contribution in [-0.2, 0) is 15.3 Å². The number of carbonyl (C=O) groups excluding carboxylic acids is 2. The van der Waals surface area contributed by atoms with Gasteiger partial charge >= 0.3 is 5.91 Å². The molecule has 1 fully saturated rings. The Morgan fingerprint density at radius 2 is 1.55 bits per heavy atom. The number of rotatable bonds is 10. The minimum Gasteiger partial charge on any atom is -0.507 e. The minimum absolute atomic E-state index is 0.0282. The van der Waals surface area contributed by atoms with E-state index in [9.17, 15) is 14.7 Å². The summed E-state index contributed by atoms with van der Waals surface area (Å²) in [7, 11) is 0. The second kappa shape index (κ2) is 12.8. The predicted octanol–water partition coefficient (Wildman–Crippen LogP) is 6.87. The molecule has 1 aromatic heterocycles. The molecule has 0 radical (unpaired) electrons. The van der Waals surface area contributed by atoms with Gasteiger partial charge < -0.3 is 14.6 Å². The van der Waals surface area contributed by atoms with Gasteiger partial charge in [-0.1, -0.05) is 88.8 Å². The average Bonchev–Trinajstić information content (AvgIpc) is 3.56. The lowest BCUT2D eigenvalue weighted by molar-refractivity contribution is -0.132. The van der Waals surface area contributed by atoms with Gasteiger partial charge in [-0.15, -0.1) is 10.2 Å². The van der Waals surface area contributed by atoms with Crippen LogP contribution in [0, 0.1) is 13.8 Å². The van der Waals surface area contributed by atoms with E-state index in [4.69, 9.17) is 9.47 Å². The van der Waals surface area contributed by atoms with Crippen molar-refractivity contribution in [2.75, 3.05) is 18.1 Å². The van der Waals surface area contributed by atoms with Crippen molar-refractivity contribution >= 4 is 45.7 Å². The van der Waals surface area contributed by atoms with Gasteiger partial charge in [-0.3, -0.25) is 14.5 Å². The van der Waals surface area contributed by atoms with Crippen molar-refractivity contribution in [2.45, 2.75) is 43.8 Å². The molecule has 0 aliphatic carbocycles. The number of thioether (sulfide) groups is 1. The fraction of sp³-hybridized carbons (Fsp3) is 0.250. The Morgan fingerprint density at radius 1 is 0.905 bits per heavy atom. The first-order valence-corrected chi connectivity index (χ1v) is 15.4.